The van der Waals surface area contributed by atoms with Gasteiger partial charge in [0.15, 0.2) is 6.61 Å². The molecule has 0 fully saturated rings. The highest BCUT2D eigenvalue weighted by Gasteiger charge is 2.11. The lowest BCUT2D eigenvalue weighted by atomic mass is 10.3. The molecule has 118 valence electrons. The van der Waals surface area contributed by atoms with E-state index in [0.29, 0.717) is 18.9 Å². The van der Waals surface area contributed by atoms with Crippen LogP contribution in [0.5, 0.6) is 11.5 Å². The highest BCUT2D eigenvalue weighted by molar-refractivity contribution is 5.77. The number of nitrogens with zero attached hydrogens (tertiary/aromatic N) is 3. The molecule has 0 N–H and O–H groups in total. The molecule has 0 aliphatic carbocycles. The Bertz CT molecular complexity index is 607. The summed E-state index contributed by atoms with van der Waals surface area (Å²) in [5.41, 5.74) is 0.986. The van der Waals surface area contributed by atoms with Crippen LogP contribution in [0.1, 0.15) is 12.5 Å². The van der Waals surface area contributed by atoms with Crippen LogP contribution in [-0.4, -0.2) is 40.8 Å². The van der Waals surface area contributed by atoms with Gasteiger partial charge >= 0.3 is 0 Å². The van der Waals surface area contributed by atoms with E-state index in [0.717, 1.165) is 11.3 Å². The summed E-state index contributed by atoms with van der Waals surface area (Å²) in [7, 11) is 3.59. The fourth-order valence-corrected chi connectivity index (χ4v) is 1.97. The molecule has 0 bridgehead atoms. The van der Waals surface area contributed by atoms with Gasteiger partial charge in [0.05, 0.1) is 12.8 Å². The average molecular weight is 303 g/mol. The predicted molar refractivity (Wildman–Crippen MR) is 82.8 cm³/mol. The summed E-state index contributed by atoms with van der Waals surface area (Å²) in [5, 5.41) is 4.08. The smallest absolute Gasteiger partial charge is 0.260 e. The third-order valence-corrected chi connectivity index (χ3v) is 3.10. The maximum absolute atomic E-state index is 12.0. The SMILES string of the molecule is CCOc1ccc(OCC(=O)N(C)Cc2cnn(C)c2)cc1. The third-order valence-electron chi connectivity index (χ3n) is 3.10. The Morgan fingerprint density at radius 2 is 1.86 bits per heavy atom. The zero-order chi connectivity index (χ0) is 15.9. The molecule has 0 radical (unpaired) electrons. The zero-order valence-corrected chi connectivity index (χ0v) is 13.2. The summed E-state index contributed by atoms with van der Waals surface area (Å²) in [6, 6.07) is 7.23. The monoisotopic (exact) mass is 303 g/mol. The van der Waals surface area contributed by atoms with Crippen molar-refractivity contribution in [2.45, 2.75) is 13.5 Å². The third kappa shape index (κ3) is 4.51. The second-order valence-electron chi connectivity index (χ2n) is 4.97. The van der Waals surface area contributed by atoms with Gasteiger partial charge in [-0.05, 0) is 31.2 Å². The maximum Gasteiger partial charge on any atom is 0.260 e. The quantitative estimate of drug-likeness (QED) is 0.783. The first-order valence-electron chi connectivity index (χ1n) is 7.15. The number of rotatable bonds is 7. The lowest BCUT2D eigenvalue weighted by Crippen LogP contribution is -2.30. The molecule has 1 aromatic carbocycles. The Morgan fingerprint density at radius 1 is 1.23 bits per heavy atom. The van der Waals surface area contributed by atoms with Crippen LogP contribution in [0, 0.1) is 0 Å². The lowest BCUT2D eigenvalue weighted by molar-refractivity contribution is -0.132. The predicted octanol–water partition coefficient (Wildman–Crippen LogP) is 1.86. The van der Waals surface area contributed by atoms with E-state index in [-0.39, 0.29) is 12.5 Å². The molecule has 0 saturated carbocycles. The van der Waals surface area contributed by atoms with Gasteiger partial charge in [0.25, 0.3) is 5.91 Å². The van der Waals surface area contributed by atoms with Crippen molar-refractivity contribution in [3.05, 3.63) is 42.2 Å². The molecule has 2 aromatic rings. The Balaban J connectivity index is 1.81. The minimum Gasteiger partial charge on any atom is -0.494 e. The first kappa shape index (κ1) is 15.9. The normalized spacial score (nSPS) is 10.3. The Labute approximate surface area is 130 Å². The van der Waals surface area contributed by atoms with E-state index in [1.807, 2.05) is 32.3 Å². The summed E-state index contributed by atoms with van der Waals surface area (Å²) in [4.78, 5) is 13.7. The van der Waals surface area contributed by atoms with Gasteiger partial charge < -0.3 is 14.4 Å². The van der Waals surface area contributed by atoms with E-state index in [2.05, 4.69) is 5.10 Å². The highest BCUT2D eigenvalue weighted by atomic mass is 16.5. The standard InChI is InChI=1S/C16H21N3O3/c1-4-21-14-5-7-15(8-6-14)22-12-16(20)18(2)10-13-9-17-19(3)11-13/h5-9,11H,4,10,12H2,1-3H3. The average Bonchev–Trinajstić information content (AvgIpc) is 2.91. The van der Waals surface area contributed by atoms with Gasteiger partial charge in [-0.3, -0.25) is 9.48 Å². The summed E-state index contributed by atoms with van der Waals surface area (Å²) in [6.45, 7) is 3.07. The van der Waals surface area contributed by atoms with Gasteiger partial charge in [-0.2, -0.15) is 5.10 Å². The summed E-state index contributed by atoms with van der Waals surface area (Å²) in [6.07, 6.45) is 3.63. The maximum atomic E-state index is 12.0. The van der Waals surface area contributed by atoms with E-state index >= 15 is 0 Å². The summed E-state index contributed by atoms with van der Waals surface area (Å²) in [5.74, 6) is 1.35. The number of hydrogen-bond donors (Lipinski definition) is 0. The summed E-state index contributed by atoms with van der Waals surface area (Å²) < 4.78 is 12.6. The number of aryl methyl sites for hydroxylation is 1. The van der Waals surface area contributed by atoms with Crippen molar-refractivity contribution in [2.75, 3.05) is 20.3 Å². The lowest BCUT2D eigenvalue weighted by Gasteiger charge is -2.16. The van der Waals surface area contributed by atoms with Crippen molar-refractivity contribution in [1.29, 1.82) is 0 Å². The van der Waals surface area contributed by atoms with E-state index in [4.69, 9.17) is 9.47 Å². The number of hydrogen-bond acceptors (Lipinski definition) is 4. The molecule has 6 heteroatoms. The molecule has 1 heterocycles. The van der Waals surface area contributed by atoms with E-state index in [1.54, 1.807) is 35.0 Å². The van der Waals surface area contributed by atoms with Crippen LogP contribution in [0.25, 0.3) is 0 Å². The van der Waals surface area contributed by atoms with Gasteiger partial charge in [0, 0.05) is 32.4 Å². The van der Waals surface area contributed by atoms with Crippen molar-refractivity contribution < 1.29 is 14.3 Å². The molecule has 0 aliphatic rings. The fraction of sp³-hybridized carbons (Fsp3) is 0.375. The van der Waals surface area contributed by atoms with Crippen molar-refractivity contribution >= 4 is 5.91 Å². The number of ether oxygens (including phenoxy) is 2. The van der Waals surface area contributed by atoms with Crippen LogP contribution < -0.4 is 9.47 Å². The number of amides is 1. The minimum atomic E-state index is -0.0854. The van der Waals surface area contributed by atoms with Crippen LogP contribution in [0.3, 0.4) is 0 Å². The van der Waals surface area contributed by atoms with E-state index in [9.17, 15) is 4.79 Å². The van der Waals surface area contributed by atoms with Gasteiger partial charge in [0.2, 0.25) is 0 Å². The molecule has 0 unspecified atom stereocenters. The molecule has 0 aliphatic heterocycles. The molecule has 6 nitrogen and oxygen atoms in total. The fourth-order valence-electron chi connectivity index (χ4n) is 1.97. The summed E-state index contributed by atoms with van der Waals surface area (Å²) >= 11 is 0. The zero-order valence-electron chi connectivity index (χ0n) is 13.2. The number of benzene rings is 1. The van der Waals surface area contributed by atoms with E-state index < -0.39 is 0 Å². The molecule has 1 aromatic heterocycles. The minimum absolute atomic E-state index is 0.00471. The Hall–Kier alpha value is -2.50. The highest BCUT2D eigenvalue weighted by Crippen LogP contribution is 2.17. The Morgan fingerprint density at radius 3 is 2.41 bits per heavy atom. The van der Waals surface area contributed by atoms with Crippen LogP contribution in [0.15, 0.2) is 36.7 Å². The molecule has 2 rings (SSSR count). The van der Waals surface area contributed by atoms with E-state index in [1.165, 1.54) is 0 Å². The topological polar surface area (TPSA) is 56.6 Å². The Kier molecular flexibility index (Phi) is 5.41. The largest absolute Gasteiger partial charge is 0.494 e. The van der Waals surface area contributed by atoms with Crippen LogP contribution in [0.2, 0.25) is 0 Å². The van der Waals surface area contributed by atoms with Crippen molar-refractivity contribution in [3.8, 4) is 11.5 Å². The van der Waals surface area contributed by atoms with Gasteiger partial charge in [-0.25, -0.2) is 0 Å². The molecule has 0 saturated heterocycles. The molecule has 22 heavy (non-hydrogen) atoms. The van der Waals surface area contributed by atoms with Crippen molar-refractivity contribution in [2.24, 2.45) is 7.05 Å². The first-order valence-corrected chi connectivity index (χ1v) is 7.15. The molecule has 0 atom stereocenters. The number of carbonyl (C=O) groups excluding carboxylic acids is 1. The van der Waals surface area contributed by atoms with Gasteiger partial charge in [-0.1, -0.05) is 0 Å². The second kappa shape index (κ2) is 7.49. The number of likely N-dealkylation sites (N-methyl/N-ethyl adjacent to an activating group) is 1. The molecule has 1 amide bonds. The number of carbonyl (C=O) groups is 1. The van der Waals surface area contributed by atoms with Crippen molar-refractivity contribution in [1.82, 2.24) is 14.7 Å². The molecular weight excluding hydrogens is 282 g/mol. The van der Waals surface area contributed by atoms with Crippen molar-refractivity contribution in [3.63, 3.8) is 0 Å². The second-order valence-corrected chi connectivity index (χ2v) is 4.97. The van der Waals surface area contributed by atoms with Gasteiger partial charge in [0.1, 0.15) is 11.5 Å². The molecule has 0 spiro atoms. The number of aromatic nitrogens is 2. The van der Waals surface area contributed by atoms with Crippen LogP contribution in [0.4, 0.5) is 0 Å². The van der Waals surface area contributed by atoms with Crippen LogP contribution in [-0.2, 0) is 18.4 Å². The molecular formula is C16H21N3O3. The first-order chi connectivity index (χ1) is 10.6. The van der Waals surface area contributed by atoms with Crippen LogP contribution >= 0.6 is 0 Å². The van der Waals surface area contributed by atoms with Gasteiger partial charge in [-0.15, -0.1) is 0 Å².